The van der Waals surface area contributed by atoms with E-state index in [2.05, 4.69) is 24.1 Å². The Kier molecular flexibility index (Phi) is 5.10. The van der Waals surface area contributed by atoms with Crippen LogP contribution in [0.25, 0.3) is 0 Å². The third kappa shape index (κ3) is 4.95. The predicted octanol–water partition coefficient (Wildman–Crippen LogP) is 1.61. The second kappa shape index (κ2) is 6.35. The number of aromatic nitrogens is 1. The molecule has 1 heterocycles. The molecule has 0 atom stereocenters. The number of aliphatic hydroxyl groups is 1. The molecule has 0 saturated carbocycles. The Morgan fingerprint density at radius 3 is 2.65 bits per heavy atom. The molecule has 1 aromatic rings. The van der Waals surface area contributed by atoms with E-state index in [0.717, 1.165) is 12.8 Å². The topological polar surface area (TPSA) is 62.2 Å². The predicted molar refractivity (Wildman–Crippen MR) is 66.7 cm³/mol. The van der Waals surface area contributed by atoms with E-state index in [4.69, 9.17) is 5.11 Å². The Morgan fingerprint density at radius 1 is 1.41 bits per heavy atom. The summed E-state index contributed by atoms with van der Waals surface area (Å²) in [6, 6.07) is 3.38. The van der Waals surface area contributed by atoms with Gasteiger partial charge in [-0.25, -0.2) is 0 Å². The zero-order chi connectivity index (χ0) is 12.7. The number of carbonyl (C=O) groups excluding carboxylic acids is 1. The molecule has 0 aromatic carbocycles. The number of pyridine rings is 1. The minimum atomic E-state index is -0.0792. The van der Waals surface area contributed by atoms with Crippen LogP contribution in [0.3, 0.4) is 0 Å². The van der Waals surface area contributed by atoms with Crippen molar-refractivity contribution in [2.24, 2.45) is 5.41 Å². The number of nitrogens with zero attached hydrogens (tertiary/aromatic N) is 1. The molecule has 0 fully saturated rings. The Balaban J connectivity index is 2.43. The fraction of sp³-hybridized carbons (Fsp3) is 0.538. The summed E-state index contributed by atoms with van der Waals surface area (Å²) in [5.41, 5.74) is 0.628. The molecule has 0 aliphatic heterocycles. The molecular weight excluding hydrogens is 216 g/mol. The third-order valence-electron chi connectivity index (χ3n) is 2.68. The van der Waals surface area contributed by atoms with Gasteiger partial charge in [-0.15, -0.1) is 0 Å². The summed E-state index contributed by atoms with van der Waals surface area (Å²) >= 11 is 0. The Morgan fingerprint density at radius 2 is 2.06 bits per heavy atom. The van der Waals surface area contributed by atoms with Crippen LogP contribution in [0.5, 0.6) is 0 Å². The van der Waals surface area contributed by atoms with Crippen LogP contribution in [0.2, 0.25) is 0 Å². The van der Waals surface area contributed by atoms with Crippen molar-refractivity contribution in [3.8, 4) is 0 Å². The molecule has 1 aromatic heterocycles. The van der Waals surface area contributed by atoms with Crippen LogP contribution in [0.4, 0.5) is 0 Å². The maximum atomic E-state index is 11.8. The van der Waals surface area contributed by atoms with Crippen LogP contribution in [0, 0.1) is 5.41 Å². The van der Waals surface area contributed by atoms with E-state index < -0.39 is 0 Å². The molecule has 0 radical (unpaired) electrons. The van der Waals surface area contributed by atoms with Crippen LogP contribution in [0.1, 0.15) is 37.0 Å². The summed E-state index contributed by atoms with van der Waals surface area (Å²) in [5, 5.41) is 11.7. The Hall–Kier alpha value is -1.42. The molecule has 2 N–H and O–H groups in total. The second-order valence-electron chi connectivity index (χ2n) is 4.91. The van der Waals surface area contributed by atoms with Gasteiger partial charge in [0.25, 0.3) is 5.91 Å². The number of aliphatic hydroxyl groups excluding tert-OH is 1. The third-order valence-corrected chi connectivity index (χ3v) is 2.68. The lowest BCUT2D eigenvalue weighted by atomic mass is 9.88. The lowest BCUT2D eigenvalue weighted by Crippen LogP contribution is -2.34. The van der Waals surface area contributed by atoms with Crippen molar-refractivity contribution in [2.45, 2.75) is 26.7 Å². The summed E-state index contributed by atoms with van der Waals surface area (Å²) in [6.45, 7) is 4.96. The monoisotopic (exact) mass is 236 g/mol. The van der Waals surface area contributed by atoms with Crippen molar-refractivity contribution in [1.82, 2.24) is 10.3 Å². The zero-order valence-electron chi connectivity index (χ0n) is 10.4. The van der Waals surface area contributed by atoms with Crippen LogP contribution in [-0.2, 0) is 0 Å². The standard InChI is InChI=1S/C13H20N2O2/c1-13(2,6-3-9-16)10-15-12(17)11-4-7-14-8-5-11/h4-5,7-8,16H,3,6,9-10H2,1-2H3,(H,15,17). The first kappa shape index (κ1) is 13.6. The lowest BCUT2D eigenvalue weighted by Gasteiger charge is -2.24. The lowest BCUT2D eigenvalue weighted by molar-refractivity contribution is 0.0933. The SMILES string of the molecule is CC(C)(CCCO)CNC(=O)c1ccncc1. The Bertz CT molecular complexity index is 350. The molecule has 0 spiro atoms. The van der Waals surface area contributed by atoms with Gasteiger partial charge in [0.2, 0.25) is 0 Å². The summed E-state index contributed by atoms with van der Waals surface area (Å²) in [7, 11) is 0. The average Bonchev–Trinajstić information content (AvgIpc) is 2.35. The first-order chi connectivity index (χ1) is 8.05. The molecule has 4 nitrogen and oxygen atoms in total. The van der Waals surface area contributed by atoms with E-state index in [1.807, 2.05) is 0 Å². The van der Waals surface area contributed by atoms with Crippen molar-refractivity contribution in [3.05, 3.63) is 30.1 Å². The first-order valence-electron chi connectivity index (χ1n) is 5.84. The number of nitrogens with one attached hydrogen (secondary N) is 1. The van der Waals surface area contributed by atoms with Crippen molar-refractivity contribution < 1.29 is 9.90 Å². The van der Waals surface area contributed by atoms with E-state index in [9.17, 15) is 4.79 Å². The number of carbonyl (C=O) groups is 1. The normalized spacial score (nSPS) is 11.2. The summed E-state index contributed by atoms with van der Waals surface area (Å²) in [5.74, 6) is -0.0792. The van der Waals surface area contributed by atoms with Gasteiger partial charge in [-0.2, -0.15) is 0 Å². The highest BCUT2D eigenvalue weighted by atomic mass is 16.2. The van der Waals surface area contributed by atoms with Crippen LogP contribution in [0.15, 0.2) is 24.5 Å². The fourth-order valence-corrected chi connectivity index (χ4v) is 1.57. The molecular formula is C13H20N2O2. The van der Waals surface area contributed by atoms with Crippen LogP contribution < -0.4 is 5.32 Å². The van der Waals surface area contributed by atoms with E-state index in [1.54, 1.807) is 24.5 Å². The largest absolute Gasteiger partial charge is 0.396 e. The van der Waals surface area contributed by atoms with Crippen molar-refractivity contribution >= 4 is 5.91 Å². The van der Waals surface area contributed by atoms with E-state index in [0.29, 0.717) is 12.1 Å². The molecule has 0 saturated heterocycles. The van der Waals surface area contributed by atoms with Crippen molar-refractivity contribution in [1.29, 1.82) is 0 Å². The highest BCUT2D eigenvalue weighted by molar-refractivity contribution is 5.93. The number of hydrogen-bond acceptors (Lipinski definition) is 3. The molecule has 0 unspecified atom stereocenters. The molecule has 0 aliphatic carbocycles. The van der Waals surface area contributed by atoms with E-state index in [1.165, 1.54) is 0 Å². The van der Waals surface area contributed by atoms with Gasteiger partial charge in [-0.3, -0.25) is 9.78 Å². The average molecular weight is 236 g/mol. The fourth-order valence-electron chi connectivity index (χ4n) is 1.57. The zero-order valence-corrected chi connectivity index (χ0v) is 10.4. The highest BCUT2D eigenvalue weighted by Crippen LogP contribution is 2.20. The minimum Gasteiger partial charge on any atom is -0.396 e. The van der Waals surface area contributed by atoms with E-state index >= 15 is 0 Å². The second-order valence-corrected chi connectivity index (χ2v) is 4.91. The summed E-state index contributed by atoms with van der Waals surface area (Å²) < 4.78 is 0. The quantitative estimate of drug-likeness (QED) is 0.788. The van der Waals surface area contributed by atoms with E-state index in [-0.39, 0.29) is 17.9 Å². The molecule has 0 bridgehead atoms. The van der Waals surface area contributed by atoms with Gasteiger partial charge in [-0.05, 0) is 30.4 Å². The minimum absolute atomic E-state index is 0.00538. The summed E-state index contributed by atoms with van der Waals surface area (Å²) in [6.07, 6.45) is 4.86. The number of rotatable bonds is 6. The number of hydrogen-bond donors (Lipinski definition) is 2. The maximum Gasteiger partial charge on any atom is 0.251 e. The molecule has 4 heteroatoms. The first-order valence-corrected chi connectivity index (χ1v) is 5.84. The van der Waals surface area contributed by atoms with Gasteiger partial charge in [0.15, 0.2) is 0 Å². The summed E-state index contributed by atoms with van der Waals surface area (Å²) in [4.78, 5) is 15.6. The maximum absolute atomic E-state index is 11.8. The van der Waals surface area contributed by atoms with Gasteiger partial charge in [-0.1, -0.05) is 13.8 Å². The van der Waals surface area contributed by atoms with Crippen molar-refractivity contribution in [2.75, 3.05) is 13.2 Å². The molecule has 94 valence electrons. The van der Waals surface area contributed by atoms with Crippen LogP contribution in [-0.4, -0.2) is 29.1 Å². The Labute approximate surface area is 102 Å². The van der Waals surface area contributed by atoms with Gasteiger partial charge in [0.1, 0.15) is 0 Å². The molecule has 1 amide bonds. The number of amides is 1. The smallest absolute Gasteiger partial charge is 0.251 e. The van der Waals surface area contributed by atoms with Gasteiger partial charge in [0.05, 0.1) is 0 Å². The van der Waals surface area contributed by atoms with Gasteiger partial charge < -0.3 is 10.4 Å². The molecule has 1 rings (SSSR count). The van der Waals surface area contributed by atoms with Crippen LogP contribution >= 0.6 is 0 Å². The van der Waals surface area contributed by atoms with Gasteiger partial charge >= 0.3 is 0 Å². The molecule has 0 aliphatic rings. The highest BCUT2D eigenvalue weighted by Gasteiger charge is 2.18. The van der Waals surface area contributed by atoms with Gasteiger partial charge in [0, 0.05) is 31.1 Å². The van der Waals surface area contributed by atoms with Crippen molar-refractivity contribution in [3.63, 3.8) is 0 Å². The molecule has 17 heavy (non-hydrogen) atoms.